The highest BCUT2D eigenvalue weighted by molar-refractivity contribution is 5.76. The normalized spacial score (nSPS) is 11.6. The van der Waals surface area contributed by atoms with Crippen molar-refractivity contribution in [2.75, 3.05) is 13.2 Å². The highest BCUT2D eigenvalue weighted by Crippen LogP contribution is 2.24. The SMILES string of the molecule is CC(C)(C)c1ccc(OCCCC(=O)NCCCc2nc3ccccc3[nH]2)cc1. The number of hydrogen-bond acceptors (Lipinski definition) is 3. The smallest absolute Gasteiger partial charge is 0.220 e. The van der Waals surface area contributed by atoms with Crippen LogP contribution in [0.4, 0.5) is 0 Å². The standard InChI is InChI=1S/C24H31N3O2/c1-24(2,3)18-12-14-19(15-13-18)29-17-7-11-23(28)25-16-6-10-22-26-20-8-4-5-9-21(20)27-22/h4-5,8-9,12-15H,6-7,10-11,16-17H2,1-3H3,(H,25,28)(H,26,27). The van der Waals surface area contributed by atoms with E-state index < -0.39 is 0 Å². The van der Waals surface area contributed by atoms with E-state index in [0.29, 0.717) is 26.0 Å². The van der Waals surface area contributed by atoms with Crippen molar-refractivity contribution in [1.82, 2.24) is 15.3 Å². The highest BCUT2D eigenvalue weighted by atomic mass is 16.5. The molecule has 2 N–H and O–H groups in total. The van der Waals surface area contributed by atoms with E-state index >= 15 is 0 Å². The monoisotopic (exact) mass is 393 g/mol. The molecule has 154 valence electrons. The van der Waals surface area contributed by atoms with Crippen LogP contribution in [-0.4, -0.2) is 29.0 Å². The number of rotatable bonds is 9. The van der Waals surface area contributed by atoms with Crippen molar-refractivity contribution in [2.45, 2.75) is 51.9 Å². The summed E-state index contributed by atoms with van der Waals surface area (Å²) in [6.07, 6.45) is 2.87. The summed E-state index contributed by atoms with van der Waals surface area (Å²) >= 11 is 0. The average molecular weight is 394 g/mol. The second-order valence-electron chi connectivity index (χ2n) is 8.38. The van der Waals surface area contributed by atoms with Crippen molar-refractivity contribution in [3.63, 3.8) is 0 Å². The summed E-state index contributed by atoms with van der Waals surface area (Å²) in [6, 6.07) is 16.2. The predicted molar refractivity (Wildman–Crippen MR) is 117 cm³/mol. The number of hydrogen-bond donors (Lipinski definition) is 2. The lowest BCUT2D eigenvalue weighted by atomic mass is 9.87. The molecule has 1 amide bonds. The molecule has 0 aliphatic heterocycles. The molecule has 2 aromatic carbocycles. The third kappa shape index (κ3) is 6.34. The maximum atomic E-state index is 12.0. The Bertz CT molecular complexity index is 890. The summed E-state index contributed by atoms with van der Waals surface area (Å²) in [7, 11) is 0. The first kappa shape index (κ1) is 20.9. The van der Waals surface area contributed by atoms with Gasteiger partial charge in [0.05, 0.1) is 17.6 Å². The number of carbonyl (C=O) groups is 1. The molecule has 0 aliphatic carbocycles. The van der Waals surface area contributed by atoms with Crippen LogP contribution >= 0.6 is 0 Å². The van der Waals surface area contributed by atoms with E-state index in [1.807, 2.05) is 36.4 Å². The second kappa shape index (κ2) is 9.59. The summed E-state index contributed by atoms with van der Waals surface area (Å²) in [6.45, 7) is 7.78. The van der Waals surface area contributed by atoms with Gasteiger partial charge in [-0.1, -0.05) is 45.0 Å². The Morgan fingerprint density at radius 3 is 2.55 bits per heavy atom. The van der Waals surface area contributed by atoms with E-state index in [9.17, 15) is 4.79 Å². The Morgan fingerprint density at radius 1 is 1.07 bits per heavy atom. The number of carbonyl (C=O) groups excluding carboxylic acids is 1. The number of imidazole rings is 1. The number of ether oxygens (including phenoxy) is 1. The van der Waals surface area contributed by atoms with Crippen molar-refractivity contribution in [3.8, 4) is 5.75 Å². The fourth-order valence-electron chi connectivity index (χ4n) is 3.17. The third-order valence-corrected chi connectivity index (χ3v) is 4.89. The van der Waals surface area contributed by atoms with Crippen molar-refractivity contribution in [3.05, 3.63) is 59.9 Å². The summed E-state index contributed by atoms with van der Waals surface area (Å²) in [5.41, 5.74) is 3.46. The van der Waals surface area contributed by atoms with Gasteiger partial charge in [-0.05, 0) is 48.1 Å². The van der Waals surface area contributed by atoms with Gasteiger partial charge in [0.1, 0.15) is 11.6 Å². The minimum absolute atomic E-state index is 0.0706. The van der Waals surface area contributed by atoms with Crippen LogP contribution in [0.5, 0.6) is 5.75 Å². The number of H-pyrrole nitrogens is 1. The van der Waals surface area contributed by atoms with E-state index in [1.54, 1.807) is 0 Å². The fraction of sp³-hybridized carbons (Fsp3) is 0.417. The zero-order valence-corrected chi connectivity index (χ0v) is 17.6. The second-order valence-corrected chi connectivity index (χ2v) is 8.38. The molecule has 5 heteroatoms. The van der Waals surface area contributed by atoms with E-state index in [4.69, 9.17) is 4.74 Å². The lowest BCUT2D eigenvalue weighted by Crippen LogP contribution is -2.25. The van der Waals surface area contributed by atoms with Gasteiger partial charge in [0, 0.05) is 19.4 Å². The Labute approximate surface area is 172 Å². The summed E-state index contributed by atoms with van der Waals surface area (Å²) in [4.78, 5) is 19.8. The molecule has 1 aromatic heterocycles. The van der Waals surface area contributed by atoms with Crippen LogP contribution in [-0.2, 0) is 16.6 Å². The van der Waals surface area contributed by atoms with Gasteiger partial charge < -0.3 is 15.0 Å². The molecule has 0 fully saturated rings. The van der Waals surface area contributed by atoms with Gasteiger partial charge in [0.2, 0.25) is 5.91 Å². The molecule has 0 bridgehead atoms. The first-order valence-corrected chi connectivity index (χ1v) is 10.4. The lowest BCUT2D eigenvalue weighted by molar-refractivity contribution is -0.121. The molecule has 3 rings (SSSR count). The maximum Gasteiger partial charge on any atom is 0.220 e. The molecule has 0 atom stereocenters. The zero-order chi connectivity index (χ0) is 20.7. The van der Waals surface area contributed by atoms with Crippen LogP contribution in [0.3, 0.4) is 0 Å². The van der Waals surface area contributed by atoms with Crippen molar-refractivity contribution < 1.29 is 9.53 Å². The van der Waals surface area contributed by atoms with E-state index in [0.717, 1.165) is 35.4 Å². The average Bonchev–Trinajstić information content (AvgIpc) is 3.11. The van der Waals surface area contributed by atoms with Crippen molar-refractivity contribution in [1.29, 1.82) is 0 Å². The van der Waals surface area contributed by atoms with Crippen LogP contribution in [0.15, 0.2) is 48.5 Å². The lowest BCUT2D eigenvalue weighted by Gasteiger charge is -2.19. The number of nitrogens with one attached hydrogen (secondary N) is 2. The summed E-state index contributed by atoms with van der Waals surface area (Å²) in [5, 5.41) is 2.97. The molecule has 5 nitrogen and oxygen atoms in total. The van der Waals surface area contributed by atoms with Gasteiger partial charge in [0.15, 0.2) is 0 Å². The molecule has 3 aromatic rings. The number of fused-ring (bicyclic) bond motifs is 1. The van der Waals surface area contributed by atoms with Crippen LogP contribution in [0.25, 0.3) is 11.0 Å². The Balaban J connectivity index is 1.28. The number of aromatic nitrogens is 2. The molecule has 0 unspecified atom stereocenters. The minimum Gasteiger partial charge on any atom is -0.494 e. The predicted octanol–water partition coefficient (Wildman–Crippen LogP) is 4.77. The van der Waals surface area contributed by atoms with Crippen molar-refractivity contribution >= 4 is 16.9 Å². The molecule has 0 radical (unpaired) electrons. The van der Waals surface area contributed by atoms with Crippen LogP contribution in [0, 0.1) is 0 Å². The largest absolute Gasteiger partial charge is 0.494 e. The van der Waals surface area contributed by atoms with E-state index in [2.05, 4.69) is 48.2 Å². The summed E-state index contributed by atoms with van der Waals surface area (Å²) in [5.74, 6) is 1.89. The molecule has 0 spiro atoms. The Kier molecular flexibility index (Phi) is 6.91. The Morgan fingerprint density at radius 2 is 1.83 bits per heavy atom. The fourth-order valence-corrected chi connectivity index (χ4v) is 3.17. The summed E-state index contributed by atoms with van der Waals surface area (Å²) < 4.78 is 5.74. The van der Waals surface area contributed by atoms with E-state index in [-0.39, 0.29) is 11.3 Å². The first-order valence-electron chi connectivity index (χ1n) is 10.4. The quantitative estimate of drug-likeness (QED) is 0.515. The number of aromatic amines is 1. The first-order chi connectivity index (χ1) is 13.9. The van der Waals surface area contributed by atoms with Crippen LogP contribution in [0.1, 0.15) is 51.4 Å². The topological polar surface area (TPSA) is 67.0 Å². The minimum atomic E-state index is 0.0706. The van der Waals surface area contributed by atoms with Crippen LogP contribution < -0.4 is 10.1 Å². The van der Waals surface area contributed by atoms with Gasteiger partial charge in [-0.25, -0.2) is 4.98 Å². The van der Waals surface area contributed by atoms with Gasteiger partial charge >= 0.3 is 0 Å². The van der Waals surface area contributed by atoms with Gasteiger partial charge in [-0.15, -0.1) is 0 Å². The Hall–Kier alpha value is -2.82. The van der Waals surface area contributed by atoms with Crippen molar-refractivity contribution in [2.24, 2.45) is 0 Å². The number of aryl methyl sites for hydroxylation is 1. The molecular formula is C24H31N3O2. The number of benzene rings is 2. The van der Waals surface area contributed by atoms with Gasteiger partial charge in [-0.3, -0.25) is 4.79 Å². The maximum absolute atomic E-state index is 12.0. The molecule has 0 saturated heterocycles. The third-order valence-electron chi connectivity index (χ3n) is 4.89. The highest BCUT2D eigenvalue weighted by Gasteiger charge is 2.13. The number of amides is 1. The van der Waals surface area contributed by atoms with Gasteiger partial charge in [-0.2, -0.15) is 0 Å². The number of nitrogens with zero attached hydrogens (tertiary/aromatic N) is 1. The molecule has 29 heavy (non-hydrogen) atoms. The van der Waals surface area contributed by atoms with Crippen LogP contribution in [0.2, 0.25) is 0 Å². The molecular weight excluding hydrogens is 362 g/mol. The molecule has 1 heterocycles. The molecule has 0 aliphatic rings. The zero-order valence-electron chi connectivity index (χ0n) is 17.6. The van der Waals surface area contributed by atoms with Gasteiger partial charge in [0.25, 0.3) is 0 Å². The number of para-hydroxylation sites is 2. The van der Waals surface area contributed by atoms with E-state index in [1.165, 1.54) is 5.56 Å². The molecule has 0 saturated carbocycles.